The highest BCUT2D eigenvalue weighted by atomic mass is 15.1. The minimum atomic E-state index is 0.129. The van der Waals surface area contributed by atoms with Gasteiger partial charge in [0.05, 0.1) is 0 Å². The lowest BCUT2D eigenvalue weighted by molar-refractivity contribution is 0.224. The van der Waals surface area contributed by atoms with Gasteiger partial charge in [-0.15, -0.1) is 0 Å². The topological polar surface area (TPSA) is 29.3 Å². The minimum absolute atomic E-state index is 0.129. The summed E-state index contributed by atoms with van der Waals surface area (Å²) >= 11 is 0. The first kappa shape index (κ1) is 15.5. The Labute approximate surface area is 124 Å². The number of hydrogen-bond donors (Lipinski definition) is 1. The van der Waals surface area contributed by atoms with Gasteiger partial charge < -0.3 is 10.6 Å². The van der Waals surface area contributed by atoms with Gasteiger partial charge in [0.2, 0.25) is 0 Å². The summed E-state index contributed by atoms with van der Waals surface area (Å²) in [6.07, 6.45) is 7.08. The molecule has 0 heterocycles. The summed E-state index contributed by atoms with van der Waals surface area (Å²) in [5.74, 6) is 0.889. The van der Waals surface area contributed by atoms with Crippen LogP contribution in [-0.4, -0.2) is 25.0 Å². The van der Waals surface area contributed by atoms with Gasteiger partial charge in [-0.3, -0.25) is 0 Å². The molecule has 0 spiro atoms. The van der Waals surface area contributed by atoms with E-state index in [1.807, 2.05) is 0 Å². The molecule has 20 heavy (non-hydrogen) atoms. The van der Waals surface area contributed by atoms with Crippen molar-refractivity contribution < 1.29 is 0 Å². The van der Waals surface area contributed by atoms with Gasteiger partial charge in [0, 0.05) is 19.1 Å². The summed E-state index contributed by atoms with van der Waals surface area (Å²) in [4.78, 5) is 2.43. The summed E-state index contributed by atoms with van der Waals surface area (Å²) in [6, 6.07) is 6.73. The smallest absolute Gasteiger partial charge is 0.0426 e. The predicted octanol–water partition coefficient (Wildman–Crippen LogP) is 3.82. The fraction of sp³-hybridized carbons (Fsp3) is 0.667. The normalized spacial score (nSPS) is 18.4. The molecule has 1 unspecified atom stereocenters. The van der Waals surface area contributed by atoms with Crippen molar-refractivity contribution in [2.75, 3.05) is 20.1 Å². The van der Waals surface area contributed by atoms with Crippen LogP contribution in [-0.2, 0) is 0 Å². The van der Waals surface area contributed by atoms with Gasteiger partial charge in [-0.1, -0.05) is 43.0 Å². The molecule has 0 aromatic heterocycles. The van der Waals surface area contributed by atoms with E-state index in [0.717, 1.165) is 12.5 Å². The van der Waals surface area contributed by atoms with Crippen LogP contribution in [0.25, 0.3) is 0 Å². The van der Waals surface area contributed by atoms with Crippen molar-refractivity contribution in [3.63, 3.8) is 0 Å². The molecule has 2 rings (SSSR count). The number of rotatable bonds is 5. The second-order valence-corrected chi connectivity index (χ2v) is 6.69. The van der Waals surface area contributed by atoms with Gasteiger partial charge in [-0.25, -0.2) is 0 Å². The van der Waals surface area contributed by atoms with Crippen molar-refractivity contribution in [3.8, 4) is 0 Å². The first-order chi connectivity index (χ1) is 9.56. The van der Waals surface area contributed by atoms with Crippen LogP contribution in [0.5, 0.6) is 0 Å². The average molecular weight is 274 g/mol. The van der Waals surface area contributed by atoms with Crippen LogP contribution >= 0.6 is 0 Å². The van der Waals surface area contributed by atoms with E-state index in [1.165, 1.54) is 55.3 Å². The fourth-order valence-corrected chi connectivity index (χ4v) is 3.56. The van der Waals surface area contributed by atoms with Crippen LogP contribution < -0.4 is 5.73 Å². The first-order valence-corrected chi connectivity index (χ1v) is 8.07. The molecule has 0 saturated heterocycles. The lowest BCUT2D eigenvalue weighted by atomic mass is 9.89. The van der Waals surface area contributed by atoms with Crippen molar-refractivity contribution in [2.45, 2.75) is 52.0 Å². The lowest BCUT2D eigenvalue weighted by Crippen LogP contribution is -2.33. The zero-order valence-corrected chi connectivity index (χ0v) is 13.4. The summed E-state index contributed by atoms with van der Waals surface area (Å²) < 4.78 is 0. The van der Waals surface area contributed by atoms with Gasteiger partial charge in [0.15, 0.2) is 0 Å². The van der Waals surface area contributed by atoms with Crippen LogP contribution in [0.2, 0.25) is 0 Å². The van der Waals surface area contributed by atoms with E-state index >= 15 is 0 Å². The summed E-state index contributed by atoms with van der Waals surface area (Å²) in [6.45, 7) is 6.47. The maximum atomic E-state index is 6.41. The fourth-order valence-electron chi connectivity index (χ4n) is 3.56. The van der Waals surface area contributed by atoms with Crippen LogP contribution in [0.3, 0.4) is 0 Å². The van der Waals surface area contributed by atoms with E-state index in [4.69, 9.17) is 5.73 Å². The largest absolute Gasteiger partial charge is 0.323 e. The van der Waals surface area contributed by atoms with E-state index in [2.05, 4.69) is 44.0 Å². The van der Waals surface area contributed by atoms with Gasteiger partial charge in [0.25, 0.3) is 0 Å². The maximum absolute atomic E-state index is 6.41. The lowest BCUT2D eigenvalue weighted by Gasteiger charge is -2.29. The van der Waals surface area contributed by atoms with Gasteiger partial charge in [-0.05, 0) is 50.8 Å². The molecule has 0 bridgehead atoms. The Morgan fingerprint density at radius 3 is 2.55 bits per heavy atom. The van der Waals surface area contributed by atoms with E-state index in [-0.39, 0.29) is 6.04 Å². The highest BCUT2D eigenvalue weighted by Crippen LogP contribution is 2.25. The molecule has 1 aliphatic rings. The zero-order valence-electron chi connectivity index (χ0n) is 13.4. The summed E-state index contributed by atoms with van der Waals surface area (Å²) in [7, 11) is 2.22. The second-order valence-electron chi connectivity index (χ2n) is 6.69. The molecule has 1 fully saturated rings. The standard InChI is InChI=1S/C18H30N2/c1-14-9-10-17(15(2)11-14)18(19)13-20(3)12-16-7-5-4-6-8-16/h9-11,16,18H,4-8,12-13,19H2,1-3H3. The third-order valence-electron chi connectivity index (χ3n) is 4.63. The Bertz CT molecular complexity index is 421. The minimum Gasteiger partial charge on any atom is -0.323 e. The Kier molecular flexibility index (Phi) is 5.62. The third kappa shape index (κ3) is 4.32. The molecule has 0 aliphatic heterocycles. The number of nitrogens with two attached hydrogens (primary N) is 1. The molecule has 0 amide bonds. The molecule has 1 aromatic rings. The van der Waals surface area contributed by atoms with E-state index in [9.17, 15) is 0 Å². The van der Waals surface area contributed by atoms with Crippen LogP contribution in [0.15, 0.2) is 18.2 Å². The molecule has 112 valence electrons. The molecule has 0 radical (unpaired) electrons. The average Bonchev–Trinajstić information content (AvgIpc) is 2.39. The molecular formula is C18H30N2. The van der Waals surface area contributed by atoms with Crippen molar-refractivity contribution >= 4 is 0 Å². The van der Waals surface area contributed by atoms with Crippen LogP contribution in [0.4, 0.5) is 0 Å². The second kappa shape index (κ2) is 7.24. The molecule has 1 aromatic carbocycles. The maximum Gasteiger partial charge on any atom is 0.0426 e. The van der Waals surface area contributed by atoms with Crippen LogP contribution in [0, 0.1) is 19.8 Å². The Morgan fingerprint density at radius 1 is 1.20 bits per heavy atom. The highest BCUT2D eigenvalue weighted by molar-refractivity contribution is 5.32. The van der Waals surface area contributed by atoms with Gasteiger partial charge in [0.1, 0.15) is 0 Å². The number of hydrogen-bond acceptors (Lipinski definition) is 2. The molecule has 2 N–H and O–H groups in total. The number of aryl methyl sites for hydroxylation is 2. The van der Waals surface area contributed by atoms with Gasteiger partial charge >= 0.3 is 0 Å². The monoisotopic (exact) mass is 274 g/mol. The van der Waals surface area contributed by atoms with Crippen molar-refractivity contribution in [3.05, 3.63) is 34.9 Å². The van der Waals surface area contributed by atoms with E-state index < -0.39 is 0 Å². The quantitative estimate of drug-likeness (QED) is 0.884. The molecule has 2 heteroatoms. The Hall–Kier alpha value is -0.860. The van der Waals surface area contributed by atoms with Gasteiger partial charge in [-0.2, -0.15) is 0 Å². The highest BCUT2D eigenvalue weighted by Gasteiger charge is 2.17. The van der Waals surface area contributed by atoms with Crippen molar-refractivity contribution in [1.82, 2.24) is 4.90 Å². The van der Waals surface area contributed by atoms with Crippen molar-refractivity contribution in [1.29, 1.82) is 0 Å². The molecule has 2 nitrogen and oxygen atoms in total. The van der Waals surface area contributed by atoms with E-state index in [1.54, 1.807) is 0 Å². The van der Waals surface area contributed by atoms with Crippen molar-refractivity contribution in [2.24, 2.45) is 11.7 Å². The first-order valence-electron chi connectivity index (χ1n) is 8.07. The predicted molar refractivity (Wildman–Crippen MR) is 86.9 cm³/mol. The zero-order chi connectivity index (χ0) is 14.5. The summed E-state index contributed by atoms with van der Waals surface area (Å²) in [5, 5.41) is 0. The number of likely N-dealkylation sites (N-methyl/N-ethyl adjacent to an activating group) is 1. The molecule has 1 aliphatic carbocycles. The Morgan fingerprint density at radius 2 is 1.90 bits per heavy atom. The number of nitrogens with zero attached hydrogens (tertiary/aromatic N) is 1. The third-order valence-corrected chi connectivity index (χ3v) is 4.63. The number of benzene rings is 1. The van der Waals surface area contributed by atoms with Crippen LogP contribution in [0.1, 0.15) is 54.8 Å². The SMILES string of the molecule is Cc1ccc(C(N)CN(C)CC2CCCCC2)c(C)c1. The molecule has 1 saturated carbocycles. The molecular weight excluding hydrogens is 244 g/mol. The van der Waals surface area contributed by atoms with E-state index in [0.29, 0.717) is 0 Å². The molecule has 1 atom stereocenters. The Balaban J connectivity index is 1.87. The summed E-state index contributed by atoms with van der Waals surface area (Å²) in [5.41, 5.74) is 10.3.